The zero-order valence-corrected chi connectivity index (χ0v) is 12.8. The van der Waals surface area contributed by atoms with E-state index in [0.29, 0.717) is 0 Å². The number of fused-ring (bicyclic) bond motifs is 3. The number of hydrogen-bond acceptors (Lipinski definition) is 3. The van der Waals surface area contributed by atoms with E-state index < -0.39 is 0 Å². The molecule has 1 saturated heterocycles. The highest BCUT2D eigenvalue weighted by Gasteiger charge is 2.57. The van der Waals surface area contributed by atoms with Gasteiger partial charge in [0.05, 0.1) is 30.4 Å². The van der Waals surface area contributed by atoms with Crippen LogP contribution in [-0.2, 0) is 4.74 Å². The topological polar surface area (TPSA) is 47.3 Å². The summed E-state index contributed by atoms with van der Waals surface area (Å²) in [7, 11) is 0. The minimum atomic E-state index is -0.331. The molecule has 2 aromatic rings. The second-order valence-corrected chi connectivity index (χ2v) is 7.15. The normalized spacial score (nSPS) is 30.8. The second-order valence-electron chi connectivity index (χ2n) is 7.15. The van der Waals surface area contributed by atoms with Crippen LogP contribution in [0.2, 0.25) is 0 Å². The third-order valence-corrected chi connectivity index (χ3v) is 6.15. The summed E-state index contributed by atoms with van der Waals surface area (Å²) < 4.78 is 21.2. The van der Waals surface area contributed by atoms with E-state index in [9.17, 15) is 9.50 Å². The van der Waals surface area contributed by atoms with Crippen LogP contribution in [0.4, 0.5) is 4.39 Å². The molecular formula is C18H19FN2O2. The average molecular weight is 314 g/mol. The van der Waals surface area contributed by atoms with E-state index in [0.717, 1.165) is 49.3 Å². The van der Waals surface area contributed by atoms with Crippen LogP contribution in [0.15, 0.2) is 30.7 Å². The van der Waals surface area contributed by atoms with Crippen molar-refractivity contribution in [1.29, 1.82) is 0 Å². The van der Waals surface area contributed by atoms with Crippen molar-refractivity contribution in [2.45, 2.75) is 31.4 Å². The Morgan fingerprint density at radius 2 is 2.13 bits per heavy atom. The highest BCUT2D eigenvalue weighted by molar-refractivity contribution is 5.69. The molecule has 1 aromatic heterocycles. The molecule has 1 aromatic carbocycles. The van der Waals surface area contributed by atoms with Crippen LogP contribution in [0.1, 0.15) is 30.9 Å². The van der Waals surface area contributed by atoms with Gasteiger partial charge in [0.2, 0.25) is 0 Å². The van der Waals surface area contributed by atoms with Crippen molar-refractivity contribution in [3.8, 4) is 11.3 Å². The molecule has 0 radical (unpaired) electrons. The fraction of sp³-hybridized carbons (Fsp3) is 0.500. The molecule has 1 spiro atoms. The SMILES string of the molecule is O[C@H]1[C@H]([C@H]2c3ccc(F)cc3-c3cncn32)CC12CCOCC2. The maximum atomic E-state index is 13.7. The van der Waals surface area contributed by atoms with Gasteiger partial charge < -0.3 is 14.4 Å². The molecule has 1 saturated carbocycles. The monoisotopic (exact) mass is 314 g/mol. The molecule has 3 atom stereocenters. The number of ether oxygens (including phenoxy) is 1. The minimum absolute atomic E-state index is 0.0203. The first-order valence-corrected chi connectivity index (χ1v) is 8.27. The zero-order valence-electron chi connectivity index (χ0n) is 12.8. The lowest BCUT2D eigenvalue weighted by Gasteiger charge is -2.56. The summed E-state index contributed by atoms with van der Waals surface area (Å²) >= 11 is 0. The first-order valence-electron chi connectivity index (χ1n) is 8.27. The van der Waals surface area contributed by atoms with Gasteiger partial charge in [0.25, 0.3) is 0 Å². The smallest absolute Gasteiger partial charge is 0.123 e. The molecule has 3 aliphatic rings. The third kappa shape index (κ3) is 1.75. The number of aliphatic hydroxyl groups excluding tert-OH is 1. The van der Waals surface area contributed by atoms with E-state index in [1.807, 2.05) is 6.07 Å². The van der Waals surface area contributed by atoms with E-state index in [4.69, 9.17) is 4.74 Å². The third-order valence-electron chi connectivity index (χ3n) is 6.15. The van der Waals surface area contributed by atoms with Crippen molar-refractivity contribution in [3.05, 3.63) is 42.1 Å². The van der Waals surface area contributed by atoms with Crippen molar-refractivity contribution >= 4 is 0 Å². The van der Waals surface area contributed by atoms with Gasteiger partial charge in [0.15, 0.2) is 0 Å². The Morgan fingerprint density at radius 3 is 2.91 bits per heavy atom. The summed E-state index contributed by atoms with van der Waals surface area (Å²) in [6, 6.07) is 5.02. The molecule has 1 N–H and O–H groups in total. The predicted octanol–water partition coefficient (Wildman–Crippen LogP) is 2.77. The lowest BCUT2D eigenvalue weighted by Crippen LogP contribution is -2.57. The van der Waals surface area contributed by atoms with Crippen LogP contribution in [-0.4, -0.2) is 34.0 Å². The Morgan fingerprint density at radius 1 is 1.30 bits per heavy atom. The molecule has 5 rings (SSSR count). The van der Waals surface area contributed by atoms with Crippen molar-refractivity contribution in [2.75, 3.05) is 13.2 Å². The second kappa shape index (κ2) is 4.65. The Labute approximate surface area is 133 Å². The summed E-state index contributed by atoms with van der Waals surface area (Å²) in [5, 5.41) is 10.9. The first kappa shape index (κ1) is 13.7. The number of hydrogen-bond donors (Lipinski definition) is 1. The van der Waals surface area contributed by atoms with Gasteiger partial charge in [-0.3, -0.25) is 0 Å². The van der Waals surface area contributed by atoms with E-state index in [2.05, 4.69) is 9.55 Å². The van der Waals surface area contributed by atoms with Crippen molar-refractivity contribution in [3.63, 3.8) is 0 Å². The molecule has 0 unspecified atom stereocenters. The summed E-state index contributed by atoms with van der Waals surface area (Å²) in [6.45, 7) is 1.49. The molecule has 3 heterocycles. The number of aliphatic hydroxyl groups is 1. The molecule has 2 fully saturated rings. The van der Waals surface area contributed by atoms with Gasteiger partial charge in [-0.25, -0.2) is 9.37 Å². The maximum absolute atomic E-state index is 13.7. The van der Waals surface area contributed by atoms with Crippen LogP contribution in [0.5, 0.6) is 0 Å². The van der Waals surface area contributed by atoms with Gasteiger partial charge in [0.1, 0.15) is 5.82 Å². The van der Waals surface area contributed by atoms with Crippen molar-refractivity contribution < 1.29 is 14.2 Å². The molecule has 2 aliphatic heterocycles. The molecular weight excluding hydrogens is 295 g/mol. The van der Waals surface area contributed by atoms with E-state index in [-0.39, 0.29) is 29.3 Å². The average Bonchev–Trinajstić information content (AvgIpc) is 3.15. The van der Waals surface area contributed by atoms with Gasteiger partial charge in [-0.1, -0.05) is 6.07 Å². The Balaban J connectivity index is 1.53. The highest BCUT2D eigenvalue weighted by atomic mass is 19.1. The quantitative estimate of drug-likeness (QED) is 0.880. The number of rotatable bonds is 1. The Bertz CT molecular complexity index is 766. The number of imidazole rings is 1. The molecule has 0 bridgehead atoms. The van der Waals surface area contributed by atoms with Gasteiger partial charge in [-0.15, -0.1) is 0 Å². The molecule has 0 amide bonds. The maximum Gasteiger partial charge on any atom is 0.123 e. The Kier molecular flexibility index (Phi) is 2.77. The van der Waals surface area contributed by atoms with Crippen LogP contribution in [0.25, 0.3) is 11.3 Å². The van der Waals surface area contributed by atoms with Crippen LogP contribution < -0.4 is 0 Å². The summed E-state index contributed by atoms with van der Waals surface area (Å²) in [6.07, 6.45) is 6.13. The van der Waals surface area contributed by atoms with E-state index in [1.165, 1.54) is 6.07 Å². The van der Waals surface area contributed by atoms with E-state index in [1.54, 1.807) is 18.6 Å². The Hall–Kier alpha value is -1.72. The molecule has 1 aliphatic carbocycles. The molecule has 120 valence electrons. The lowest BCUT2D eigenvalue weighted by molar-refractivity contribution is -0.173. The van der Waals surface area contributed by atoms with Gasteiger partial charge in [0, 0.05) is 30.1 Å². The first-order chi connectivity index (χ1) is 11.2. The van der Waals surface area contributed by atoms with Crippen molar-refractivity contribution in [1.82, 2.24) is 9.55 Å². The largest absolute Gasteiger partial charge is 0.392 e. The zero-order chi connectivity index (χ0) is 15.6. The predicted molar refractivity (Wildman–Crippen MR) is 82.4 cm³/mol. The summed E-state index contributed by atoms with van der Waals surface area (Å²) in [5.41, 5.74) is 2.99. The molecule has 5 heteroatoms. The molecule has 23 heavy (non-hydrogen) atoms. The van der Waals surface area contributed by atoms with Crippen molar-refractivity contribution in [2.24, 2.45) is 11.3 Å². The minimum Gasteiger partial charge on any atom is -0.392 e. The van der Waals surface area contributed by atoms with Crippen LogP contribution in [0, 0.1) is 17.2 Å². The summed E-state index contributed by atoms with van der Waals surface area (Å²) in [4.78, 5) is 4.23. The van der Waals surface area contributed by atoms with Crippen LogP contribution >= 0.6 is 0 Å². The highest BCUT2D eigenvalue weighted by Crippen LogP contribution is 2.59. The van der Waals surface area contributed by atoms with E-state index >= 15 is 0 Å². The number of halogens is 1. The standard InChI is InChI=1S/C18H19FN2O2/c19-11-1-2-12-13(7-11)15-9-20-10-21(15)16(12)14-8-18(17(14)22)3-5-23-6-4-18/h1-2,7,9-10,14,16-17,22H,3-6,8H2/t14-,16+,17-/m0/s1. The van der Waals surface area contributed by atoms with Gasteiger partial charge in [-0.2, -0.15) is 0 Å². The fourth-order valence-corrected chi connectivity index (χ4v) is 4.89. The van der Waals surface area contributed by atoms with Crippen LogP contribution in [0.3, 0.4) is 0 Å². The van der Waals surface area contributed by atoms with Gasteiger partial charge in [-0.05, 0) is 37.0 Å². The number of aromatic nitrogens is 2. The molecule has 4 nitrogen and oxygen atoms in total. The lowest BCUT2D eigenvalue weighted by atomic mass is 9.53. The fourth-order valence-electron chi connectivity index (χ4n) is 4.89. The summed E-state index contributed by atoms with van der Waals surface area (Å²) in [5.74, 6) is -0.0695. The number of nitrogens with zero attached hydrogens (tertiary/aromatic N) is 2. The van der Waals surface area contributed by atoms with Gasteiger partial charge >= 0.3 is 0 Å². The number of benzene rings is 1.